The Morgan fingerprint density at radius 1 is 1.02 bits per heavy atom. The second-order valence-corrected chi connectivity index (χ2v) is 10.6. The maximum absolute atomic E-state index is 15.7. The van der Waals surface area contributed by atoms with Gasteiger partial charge in [0, 0.05) is 41.4 Å². The quantitative estimate of drug-likeness (QED) is 0.352. The van der Waals surface area contributed by atoms with Gasteiger partial charge < -0.3 is 15.5 Å². The first-order valence-electron chi connectivity index (χ1n) is 12.7. The molecule has 9 nitrogen and oxygen atoms in total. The summed E-state index contributed by atoms with van der Waals surface area (Å²) in [4.78, 5) is 32.2. The highest BCUT2D eigenvalue weighted by Crippen LogP contribution is 2.48. The fourth-order valence-corrected chi connectivity index (χ4v) is 6.19. The van der Waals surface area contributed by atoms with Crippen LogP contribution in [0.2, 0.25) is 0 Å². The summed E-state index contributed by atoms with van der Waals surface area (Å²) in [7, 11) is 0. The number of carbonyl (C=O) groups excluding carboxylic acids is 1. The minimum Gasteiger partial charge on any atom is -0.338 e. The van der Waals surface area contributed by atoms with Crippen molar-refractivity contribution in [2.75, 3.05) is 34.4 Å². The summed E-state index contributed by atoms with van der Waals surface area (Å²) in [5.74, 6) is -0.696. The molecular formula is C29H22F2N8OS. The molecule has 41 heavy (non-hydrogen) atoms. The minimum absolute atomic E-state index is 0.118. The number of para-hydroxylation sites is 1. The van der Waals surface area contributed by atoms with Gasteiger partial charge in [0.25, 0.3) is 5.91 Å². The van der Waals surface area contributed by atoms with E-state index in [-0.39, 0.29) is 18.2 Å². The smallest absolute Gasteiger partial charge is 0.274 e. The van der Waals surface area contributed by atoms with Crippen LogP contribution >= 0.6 is 11.8 Å². The maximum Gasteiger partial charge on any atom is 0.274 e. The van der Waals surface area contributed by atoms with Gasteiger partial charge in [0.15, 0.2) is 11.0 Å². The predicted octanol–water partition coefficient (Wildman–Crippen LogP) is 4.82. The number of fused-ring (bicyclic) bond motifs is 1. The van der Waals surface area contributed by atoms with Crippen molar-refractivity contribution >= 4 is 40.2 Å². The average molecular weight is 569 g/mol. The third-order valence-corrected chi connectivity index (χ3v) is 8.04. The largest absolute Gasteiger partial charge is 0.338 e. The number of amides is 1. The Balaban J connectivity index is 1.37. The lowest BCUT2D eigenvalue weighted by Crippen LogP contribution is -2.40. The molecule has 1 saturated heterocycles. The maximum atomic E-state index is 15.7. The number of aliphatic imine (C=N–C) groups is 1. The lowest BCUT2D eigenvalue weighted by Gasteiger charge is -2.36. The van der Waals surface area contributed by atoms with Gasteiger partial charge in [-0.3, -0.25) is 4.79 Å². The van der Waals surface area contributed by atoms with Gasteiger partial charge in [0.1, 0.15) is 23.1 Å². The number of nitriles is 1. The number of nitrogens with zero attached hydrogens (tertiary/aromatic N) is 6. The number of benzene rings is 2. The number of carbonyl (C=O) groups is 1. The molecule has 2 aromatic heterocycles. The summed E-state index contributed by atoms with van der Waals surface area (Å²) in [6.45, 7) is 0.723. The van der Waals surface area contributed by atoms with Crippen LogP contribution in [0.3, 0.4) is 0 Å². The predicted molar refractivity (Wildman–Crippen MR) is 153 cm³/mol. The van der Waals surface area contributed by atoms with Crippen molar-refractivity contribution in [2.45, 2.75) is 5.54 Å². The lowest BCUT2D eigenvalue weighted by molar-refractivity contribution is 0.102. The number of hydrogen-bond donors (Lipinski definition) is 2. The van der Waals surface area contributed by atoms with Crippen molar-refractivity contribution in [1.82, 2.24) is 15.0 Å². The SMILES string of the molecule is N#Cc1ccc(C(=O)Nc2ccc(F)c(C34CN(c5ncc(F)cn5)C[C@H]3CSC(Nc3ccccc3)=N4)c2)nc1. The van der Waals surface area contributed by atoms with Gasteiger partial charge in [-0.1, -0.05) is 30.0 Å². The van der Waals surface area contributed by atoms with Gasteiger partial charge in [0.05, 0.1) is 24.5 Å². The zero-order valence-corrected chi connectivity index (χ0v) is 22.3. The Morgan fingerprint density at radius 3 is 2.56 bits per heavy atom. The van der Waals surface area contributed by atoms with E-state index in [4.69, 9.17) is 10.3 Å². The van der Waals surface area contributed by atoms with Crippen LogP contribution in [0, 0.1) is 28.9 Å². The van der Waals surface area contributed by atoms with Crippen LogP contribution in [0.25, 0.3) is 0 Å². The number of thioether (sulfide) groups is 1. The molecule has 2 N–H and O–H groups in total. The molecule has 2 aliphatic rings. The molecule has 6 rings (SSSR count). The van der Waals surface area contributed by atoms with Gasteiger partial charge in [-0.2, -0.15) is 5.26 Å². The molecule has 2 aliphatic heterocycles. The average Bonchev–Trinajstić information content (AvgIpc) is 3.39. The number of halogens is 2. The van der Waals surface area contributed by atoms with Crippen LogP contribution in [0.15, 0.2) is 84.2 Å². The molecule has 0 radical (unpaired) electrons. The first-order chi connectivity index (χ1) is 19.9. The van der Waals surface area contributed by atoms with Crippen LogP contribution in [0.4, 0.5) is 26.1 Å². The first kappa shape index (κ1) is 26.3. The summed E-state index contributed by atoms with van der Waals surface area (Å²) in [5, 5.41) is 15.7. The van der Waals surface area contributed by atoms with Crippen LogP contribution in [-0.2, 0) is 5.54 Å². The molecule has 4 heterocycles. The second-order valence-electron chi connectivity index (χ2n) is 9.61. The molecule has 4 aromatic rings. The van der Waals surface area contributed by atoms with Crippen molar-refractivity contribution in [3.05, 3.63) is 108 Å². The molecular weight excluding hydrogens is 546 g/mol. The van der Waals surface area contributed by atoms with Crippen molar-refractivity contribution in [3.63, 3.8) is 0 Å². The van der Waals surface area contributed by atoms with Gasteiger partial charge in [-0.15, -0.1) is 0 Å². The molecule has 2 aromatic carbocycles. The van der Waals surface area contributed by atoms with Gasteiger partial charge >= 0.3 is 0 Å². The highest BCUT2D eigenvalue weighted by Gasteiger charge is 2.52. The van der Waals surface area contributed by atoms with E-state index in [1.807, 2.05) is 41.3 Å². The molecule has 1 fully saturated rings. The Labute approximate surface area is 238 Å². The van der Waals surface area contributed by atoms with Crippen LogP contribution in [0.5, 0.6) is 0 Å². The summed E-state index contributed by atoms with van der Waals surface area (Å²) >= 11 is 1.54. The molecule has 0 aliphatic carbocycles. The van der Waals surface area contributed by atoms with Crippen molar-refractivity contribution in [1.29, 1.82) is 5.26 Å². The number of amidine groups is 1. The van der Waals surface area contributed by atoms with E-state index in [1.165, 1.54) is 42.2 Å². The number of anilines is 3. The monoisotopic (exact) mass is 568 g/mol. The lowest BCUT2D eigenvalue weighted by atomic mass is 9.81. The molecule has 0 bridgehead atoms. The zero-order valence-electron chi connectivity index (χ0n) is 21.5. The molecule has 1 amide bonds. The van der Waals surface area contributed by atoms with Crippen molar-refractivity contribution in [3.8, 4) is 6.07 Å². The fraction of sp³-hybridized carbons (Fsp3) is 0.172. The summed E-state index contributed by atoms with van der Waals surface area (Å²) in [6, 6.07) is 18.9. The molecule has 0 saturated carbocycles. The van der Waals surface area contributed by atoms with E-state index in [9.17, 15) is 9.18 Å². The second kappa shape index (κ2) is 10.9. The van der Waals surface area contributed by atoms with E-state index in [0.29, 0.717) is 40.2 Å². The number of rotatable bonds is 5. The molecule has 1 unspecified atom stereocenters. The fourth-order valence-electron chi connectivity index (χ4n) is 5.03. The third kappa shape index (κ3) is 5.31. The first-order valence-corrected chi connectivity index (χ1v) is 13.7. The van der Waals surface area contributed by atoms with Crippen molar-refractivity contribution < 1.29 is 13.6 Å². The molecule has 2 atom stereocenters. The Kier molecular flexibility index (Phi) is 7.03. The van der Waals surface area contributed by atoms with E-state index < -0.39 is 23.1 Å². The van der Waals surface area contributed by atoms with Gasteiger partial charge in [0.2, 0.25) is 5.95 Å². The number of aromatic nitrogens is 3. The van der Waals surface area contributed by atoms with E-state index >= 15 is 4.39 Å². The van der Waals surface area contributed by atoms with Gasteiger partial charge in [-0.25, -0.2) is 28.7 Å². The van der Waals surface area contributed by atoms with Crippen LogP contribution in [0.1, 0.15) is 21.6 Å². The van der Waals surface area contributed by atoms with Gasteiger partial charge in [-0.05, 0) is 42.5 Å². The summed E-state index contributed by atoms with van der Waals surface area (Å²) in [5.41, 5.74) is 0.934. The summed E-state index contributed by atoms with van der Waals surface area (Å²) in [6.07, 6.45) is 3.52. The highest BCUT2D eigenvalue weighted by molar-refractivity contribution is 8.14. The molecule has 0 spiro atoms. The normalized spacial score (nSPS) is 19.6. The standard InChI is InChI=1S/C29H22F2N8OS/c30-20-13-34-27(35-14-20)39-15-19-16-41-28(37-21-4-2-1-3-5-21)38-29(19,17-39)23-10-22(7-8-24(23)31)36-26(40)25-9-6-18(11-32)12-33-25/h1-10,12-14,19H,15-17H2,(H,36,40)(H,37,38)/t19-,29?/m0/s1. The van der Waals surface area contributed by atoms with Crippen LogP contribution < -0.4 is 15.5 Å². The summed E-state index contributed by atoms with van der Waals surface area (Å²) < 4.78 is 29.3. The Hall–Kier alpha value is -4.89. The Morgan fingerprint density at radius 2 is 1.83 bits per heavy atom. The van der Waals surface area contributed by atoms with E-state index in [0.717, 1.165) is 18.1 Å². The molecule has 12 heteroatoms. The van der Waals surface area contributed by atoms with E-state index in [2.05, 4.69) is 25.6 Å². The van der Waals surface area contributed by atoms with Crippen molar-refractivity contribution in [2.24, 2.45) is 10.9 Å². The minimum atomic E-state index is -1.04. The van der Waals surface area contributed by atoms with Crippen LogP contribution in [-0.4, -0.2) is 44.9 Å². The third-order valence-electron chi connectivity index (χ3n) is 7.00. The molecule has 204 valence electrons. The highest BCUT2D eigenvalue weighted by atomic mass is 32.2. The number of hydrogen-bond acceptors (Lipinski definition) is 9. The topological polar surface area (TPSA) is 119 Å². The number of pyridine rings is 1. The number of nitrogens with one attached hydrogen (secondary N) is 2. The zero-order chi connectivity index (χ0) is 28.4. The van der Waals surface area contributed by atoms with E-state index in [1.54, 1.807) is 6.07 Å². The Bertz CT molecular complexity index is 1660.